The molecule has 3 rings (SSSR count). The van der Waals surface area contributed by atoms with Crippen LogP contribution < -0.4 is 16.6 Å². The Morgan fingerprint density at radius 3 is 2.65 bits per heavy atom. The molecule has 0 amide bonds. The molecule has 0 saturated carbocycles. The summed E-state index contributed by atoms with van der Waals surface area (Å²) in [7, 11) is 0. The molecule has 2 aromatic rings. The van der Waals surface area contributed by atoms with E-state index in [1.165, 1.54) is 4.57 Å². The Bertz CT molecular complexity index is 810. The van der Waals surface area contributed by atoms with E-state index in [1.807, 2.05) is 0 Å². The van der Waals surface area contributed by atoms with Crippen LogP contribution in [0.5, 0.6) is 0 Å². The molecule has 0 saturated heterocycles. The second-order valence-electron chi connectivity index (χ2n) is 5.64. The van der Waals surface area contributed by atoms with Gasteiger partial charge in [-0.05, 0) is 30.7 Å². The summed E-state index contributed by atoms with van der Waals surface area (Å²) in [5.74, 6) is 0.564. The number of fused-ring (bicyclic) bond motifs is 1. The second kappa shape index (κ2) is 6.60. The highest BCUT2D eigenvalue weighted by atomic mass is 35.5. The third-order valence-electron chi connectivity index (χ3n) is 3.97. The van der Waals surface area contributed by atoms with E-state index in [9.17, 15) is 9.59 Å². The molecule has 6 nitrogen and oxygen atoms in total. The summed E-state index contributed by atoms with van der Waals surface area (Å²) in [5, 5.41) is 3.82. The number of hydrogen-bond acceptors (Lipinski definition) is 4. The minimum Gasteiger partial charge on any atom is -0.358 e. The number of aromatic nitrogens is 2. The monoisotopic (exact) mass is 334 g/mol. The molecule has 2 heterocycles. The minimum absolute atomic E-state index is 0.330. The fourth-order valence-corrected chi connectivity index (χ4v) is 2.87. The van der Waals surface area contributed by atoms with E-state index in [1.54, 1.807) is 24.3 Å². The summed E-state index contributed by atoms with van der Waals surface area (Å²) in [6.07, 6.45) is 2.18. The molecule has 2 N–H and O–H groups in total. The van der Waals surface area contributed by atoms with Gasteiger partial charge in [0.2, 0.25) is 0 Å². The smallest absolute Gasteiger partial charge is 0.334 e. The lowest BCUT2D eigenvalue weighted by atomic mass is 10.2. The Hall–Kier alpha value is -2.05. The number of hydrogen-bond donors (Lipinski definition) is 2. The number of unbranched alkanes of at least 4 members (excludes halogenated alkanes) is 1. The Morgan fingerprint density at radius 2 is 1.96 bits per heavy atom. The lowest BCUT2D eigenvalue weighted by molar-refractivity contribution is 0.268. The maximum atomic E-state index is 12.3. The van der Waals surface area contributed by atoms with Crippen LogP contribution in [0.15, 0.2) is 33.9 Å². The third kappa shape index (κ3) is 3.18. The maximum absolute atomic E-state index is 12.3. The first-order chi connectivity index (χ1) is 11.1. The zero-order valence-corrected chi connectivity index (χ0v) is 13.7. The van der Waals surface area contributed by atoms with E-state index in [2.05, 4.69) is 22.1 Å². The lowest BCUT2D eigenvalue weighted by Gasteiger charge is -2.30. The first-order valence-corrected chi connectivity index (χ1v) is 8.08. The molecular weight excluding hydrogens is 316 g/mol. The van der Waals surface area contributed by atoms with Crippen molar-refractivity contribution < 1.29 is 0 Å². The normalized spacial score (nSPS) is 14.3. The largest absolute Gasteiger partial charge is 0.358 e. The summed E-state index contributed by atoms with van der Waals surface area (Å²) in [6, 6.07) is 6.95. The Labute approximate surface area is 138 Å². The van der Waals surface area contributed by atoms with Crippen molar-refractivity contribution in [2.75, 3.05) is 18.5 Å². The highest BCUT2D eigenvalue weighted by molar-refractivity contribution is 6.30. The topological polar surface area (TPSA) is 70.1 Å². The summed E-state index contributed by atoms with van der Waals surface area (Å²) < 4.78 is 1.49. The van der Waals surface area contributed by atoms with Crippen molar-refractivity contribution in [2.45, 2.75) is 26.3 Å². The average Bonchev–Trinajstić information content (AvgIpc) is 2.55. The molecule has 0 unspecified atom stereocenters. The van der Waals surface area contributed by atoms with Crippen LogP contribution in [0.1, 0.15) is 25.3 Å². The molecule has 0 radical (unpaired) electrons. The van der Waals surface area contributed by atoms with E-state index in [0.717, 1.165) is 19.4 Å². The van der Waals surface area contributed by atoms with Crippen molar-refractivity contribution in [1.82, 2.24) is 14.5 Å². The molecule has 23 heavy (non-hydrogen) atoms. The van der Waals surface area contributed by atoms with Crippen LogP contribution in [-0.4, -0.2) is 27.7 Å². The molecular formula is C16H19ClN4O2. The molecule has 0 bridgehead atoms. The van der Waals surface area contributed by atoms with Crippen LogP contribution in [0.25, 0.3) is 5.69 Å². The van der Waals surface area contributed by atoms with Crippen LogP contribution in [0.2, 0.25) is 5.02 Å². The predicted molar refractivity (Wildman–Crippen MR) is 91.5 cm³/mol. The van der Waals surface area contributed by atoms with Gasteiger partial charge < -0.3 is 5.32 Å². The summed E-state index contributed by atoms with van der Waals surface area (Å²) in [5.41, 5.74) is 0.470. The van der Waals surface area contributed by atoms with Gasteiger partial charge in [-0.1, -0.05) is 24.9 Å². The number of H-pyrrole nitrogens is 1. The number of anilines is 1. The number of aromatic amines is 1. The van der Waals surface area contributed by atoms with E-state index in [4.69, 9.17) is 11.6 Å². The van der Waals surface area contributed by atoms with Gasteiger partial charge in [0.25, 0.3) is 5.56 Å². The molecule has 1 aromatic heterocycles. The lowest BCUT2D eigenvalue weighted by Crippen LogP contribution is -2.43. The highest BCUT2D eigenvalue weighted by Crippen LogP contribution is 2.21. The molecule has 1 aliphatic rings. The molecule has 0 spiro atoms. The van der Waals surface area contributed by atoms with Gasteiger partial charge in [-0.3, -0.25) is 14.7 Å². The molecule has 0 fully saturated rings. The number of benzene rings is 1. The molecule has 0 atom stereocenters. The van der Waals surface area contributed by atoms with Crippen molar-refractivity contribution in [3.63, 3.8) is 0 Å². The molecule has 1 aliphatic heterocycles. The first-order valence-electron chi connectivity index (χ1n) is 7.70. The van der Waals surface area contributed by atoms with Crippen LogP contribution >= 0.6 is 11.6 Å². The van der Waals surface area contributed by atoms with Crippen LogP contribution in [-0.2, 0) is 6.54 Å². The van der Waals surface area contributed by atoms with Gasteiger partial charge in [0, 0.05) is 18.1 Å². The average molecular weight is 335 g/mol. The second-order valence-corrected chi connectivity index (χ2v) is 6.08. The zero-order valence-electron chi connectivity index (χ0n) is 12.9. The van der Waals surface area contributed by atoms with E-state index < -0.39 is 5.69 Å². The maximum Gasteiger partial charge on any atom is 0.334 e. The zero-order chi connectivity index (χ0) is 16.4. The van der Waals surface area contributed by atoms with Crippen molar-refractivity contribution in [2.24, 2.45) is 0 Å². The number of nitrogens with one attached hydrogen (secondary N) is 2. The van der Waals surface area contributed by atoms with E-state index in [0.29, 0.717) is 35.3 Å². The number of rotatable bonds is 4. The van der Waals surface area contributed by atoms with Gasteiger partial charge in [0.05, 0.1) is 17.9 Å². The van der Waals surface area contributed by atoms with E-state index >= 15 is 0 Å². The quantitative estimate of drug-likeness (QED) is 0.899. The molecule has 1 aromatic carbocycles. The predicted octanol–water partition coefficient (Wildman–Crippen LogP) is 2.16. The fraction of sp³-hybridized carbons (Fsp3) is 0.375. The van der Waals surface area contributed by atoms with Crippen molar-refractivity contribution in [3.05, 3.63) is 55.7 Å². The van der Waals surface area contributed by atoms with Gasteiger partial charge in [-0.2, -0.15) is 0 Å². The summed E-state index contributed by atoms with van der Waals surface area (Å²) in [4.78, 5) is 29.0. The Balaban J connectivity index is 2.05. The Kier molecular flexibility index (Phi) is 4.54. The van der Waals surface area contributed by atoms with Crippen molar-refractivity contribution >= 4 is 17.4 Å². The fourth-order valence-electron chi connectivity index (χ4n) is 2.75. The standard InChI is InChI=1S/C16H19ClN4O2/c1-2-3-8-20-9-13-14(18-10-20)21(16(23)19-15(13)22)12-6-4-11(17)5-7-12/h4-7,18H,2-3,8-10H2,1H3,(H,19,22,23). The van der Waals surface area contributed by atoms with Gasteiger partial charge in [0.15, 0.2) is 0 Å². The number of nitrogens with zero attached hydrogens (tertiary/aromatic N) is 2. The SMILES string of the molecule is CCCCN1CNc2c(c(=O)[nH]c(=O)n2-c2ccc(Cl)cc2)C1. The van der Waals surface area contributed by atoms with Gasteiger partial charge >= 0.3 is 5.69 Å². The third-order valence-corrected chi connectivity index (χ3v) is 4.22. The van der Waals surface area contributed by atoms with Gasteiger partial charge in [0.1, 0.15) is 5.82 Å². The van der Waals surface area contributed by atoms with Crippen LogP contribution in [0, 0.1) is 0 Å². The molecule has 122 valence electrons. The van der Waals surface area contributed by atoms with Crippen LogP contribution in [0.4, 0.5) is 5.82 Å². The van der Waals surface area contributed by atoms with Gasteiger partial charge in [-0.15, -0.1) is 0 Å². The van der Waals surface area contributed by atoms with Crippen molar-refractivity contribution in [3.8, 4) is 5.69 Å². The first kappa shape index (κ1) is 15.8. The van der Waals surface area contributed by atoms with Gasteiger partial charge in [-0.25, -0.2) is 9.36 Å². The molecule has 0 aliphatic carbocycles. The summed E-state index contributed by atoms with van der Waals surface area (Å²) >= 11 is 5.91. The Morgan fingerprint density at radius 1 is 1.22 bits per heavy atom. The van der Waals surface area contributed by atoms with E-state index in [-0.39, 0.29) is 5.56 Å². The minimum atomic E-state index is -0.453. The van der Waals surface area contributed by atoms with Crippen LogP contribution in [0.3, 0.4) is 0 Å². The summed E-state index contributed by atoms with van der Waals surface area (Å²) in [6.45, 7) is 4.20. The number of halogens is 1. The molecule has 7 heteroatoms. The highest BCUT2D eigenvalue weighted by Gasteiger charge is 2.22. The van der Waals surface area contributed by atoms with Crippen molar-refractivity contribution in [1.29, 1.82) is 0 Å².